The maximum Gasteiger partial charge on any atom is 0.306 e. The molecular formula is C88H155NO8. The maximum atomic E-state index is 13.0. The second kappa shape index (κ2) is 77.7. The van der Waals surface area contributed by atoms with E-state index in [0.29, 0.717) is 17.4 Å². The van der Waals surface area contributed by atoms with Crippen LogP contribution in [-0.4, -0.2) is 82.3 Å². The Kier molecular flexibility index (Phi) is 74.4. The van der Waals surface area contributed by atoms with Gasteiger partial charge in [-0.2, -0.15) is 0 Å². The van der Waals surface area contributed by atoms with E-state index in [4.69, 9.17) is 18.9 Å². The molecule has 0 aliphatic carbocycles. The molecule has 0 aliphatic heterocycles. The minimum atomic E-state index is -1.63. The van der Waals surface area contributed by atoms with Crippen LogP contribution in [0.15, 0.2) is 109 Å². The number of hydrogen-bond acceptors (Lipinski definition) is 8. The number of rotatable bonds is 76. The predicted molar refractivity (Wildman–Crippen MR) is 417 cm³/mol. The largest absolute Gasteiger partial charge is 0.545 e. The number of unbranched alkanes of at least 4 members (excludes halogenated alkanes) is 43. The van der Waals surface area contributed by atoms with Crippen LogP contribution in [0.1, 0.15) is 373 Å². The number of carbonyl (C=O) groups is 3. The van der Waals surface area contributed by atoms with Gasteiger partial charge in [-0.15, -0.1) is 0 Å². The summed E-state index contributed by atoms with van der Waals surface area (Å²) in [5.41, 5.74) is 0. The average molecular weight is 1360 g/mol. The Labute approximate surface area is 600 Å². The average Bonchev–Trinajstić information content (AvgIpc) is 3.74. The Morgan fingerprint density at radius 3 is 0.876 bits per heavy atom. The number of carboxylic acid groups (broad SMARTS) is 1. The first-order valence-electron chi connectivity index (χ1n) is 41.0. The monoisotopic (exact) mass is 1350 g/mol. The number of likely N-dealkylation sites (N-methyl/N-ethyl adjacent to an activating group) is 1. The van der Waals surface area contributed by atoms with Crippen molar-refractivity contribution < 1.29 is 42.9 Å². The van der Waals surface area contributed by atoms with Gasteiger partial charge in [0.15, 0.2) is 12.4 Å². The van der Waals surface area contributed by atoms with Crippen molar-refractivity contribution in [3.63, 3.8) is 0 Å². The molecule has 0 N–H and O–H groups in total. The van der Waals surface area contributed by atoms with Gasteiger partial charge < -0.3 is 33.3 Å². The van der Waals surface area contributed by atoms with Gasteiger partial charge in [0.05, 0.1) is 40.3 Å². The number of allylic oxidation sites excluding steroid dienone is 18. The van der Waals surface area contributed by atoms with E-state index in [1.165, 1.54) is 238 Å². The van der Waals surface area contributed by atoms with Crippen molar-refractivity contribution in [2.75, 3.05) is 47.5 Å². The molecule has 9 heteroatoms. The van der Waals surface area contributed by atoms with Crippen LogP contribution in [-0.2, 0) is 33.3 Å². The van der Waals surface area contributed by atoms with Crippen molar-refractivity contribution in [3.05, 3.63) is 109 Å². The highest BCUT2D eigenvalue weighted by Crippen LogP contribution is 2.19. The molecule has 0 bridgehead atoms. The second-order valence-electron chi connectivity index (χ2n) is 28.7. The molecule has 9 nitrogen and oxygen atoms in total. The fourth-order valence-electron chi connectivity index (χ4n) is 11.8. The molecule has 0 spiro atoms. The Balaban J connectivity index is 4.05. The molecule has 0 radical (unpaired) electrons. The lowest BCUT2D eigenvalue weighted by molar-refractivity contribution is -0.870. The molecular weight excluding hydrogens is 1200 g/mol. The van der Waals surface area contributed by atoms with Gasteiger partial charge in [-0.05, 0) is 83.5 Å². The number of nitrogens with zero attached hydrogens (tertiary/aromatic N) is 1. The third-order valence-corrected chi connectivity index (χ3v) is 18.0. The van der Waals surface area contributed by atoms with Crippen LogP contribution in [0.4, 0.5) is 0 Å². The van der Waals surface area contributed by atoms with E-state index in [1.54, 1.807) is 0 Å². The molecule has 0 aromatic heterocycles. The molecule has 0 heterocycles. The number of ether oxygens (including phenoxy) is 4. The van der Waals surface area contributed by atoms with Crippen LogP contribution >= 0.6 is 0 Å². The molecule has 0 aromatic rings. The highest BCUT2D eigenvalue weighted by atomic mass is 16.7. The fourth-order valence-corrected chi connectivity index (χ4v) is 11.8. The lowest BCUT2D eigenvalue weighted by Gasteiger charge is -2.26. The number of carboxylic acids is 1. The topological polar surface area (TPSA) is 111 Å². The van der Waals surface area contributed by atoms with Crippen LogP contribution < -0.4 is 5.11 Å². The summed E-state index contributed by atoms with van der Waals surface area (Å²) in [6.07, 6.45) is 107. The van der Waals surface area contributed by atoms with E-state index < -0.39 is 24.3 Å². The Morgan fingerprint density at radius 1 is 0.320 bits per heavy atom. The summed E-state index contributed by atoms with van der Waals surface area (Å²) in [4.78, 5) is 37.6. The molecule has 0 aliphatic rings. The van der Waals surface area contributed by atoms with Gasteiger partial charge in [-0.3, -0.25) is 9.59 Å². The van der Waals surface area contributed by atoms with Gasteiger partial charge in [0.25, 0.3) is 0 Å². The zero-order valence-electron chi connectivity index (χ0n) is 64.2. The van der Waals surface area contributed by atoms with Crippen LogP contribution in [0.5, 0.6) is 0 Å². The second-order valence-corrected chi connectivity index (χ2v) is 28.7. The smallest absolute Gasteiger partial charge is 0.306 e. The molecule has 560 valence electrons. The quantitative estimate of drug-likeness (QED) is 0.0195. The van der Waals surface area contributed by atoms with Crippen LogP contribution in [0, 0.1) is 0 Å². The van der Waals surface area contributed by atoms with Gasteiger partial charge in [-0.1, -0.05) is 386 Å². The van der Waals surface area contributed by atoms with E-state index in [2.05, 4.69) is 123 Å². The van der Waals surface area contributed by atoms with Crippen LogP contribution in [0.3, 0.4) is 0 Å². The summed E-state index contributed by atoms with van der Waals surface area (Å²) >= 11 is 0. The van der Waals surface area contributed by atoms with Gasteiger partial charge in [-0.25, -0.2) is 0 Å². The van der Waals surface area contributed by atoms with Crippen molar-refractivity contribution in [2.45, 2.75) is 386 Å². The summed E-state index contributed by atoms with van der Waals surface area (Å²) in [6, 6.07) is 0. The summed E-state index contributed by atoms with van der Waals surface area (Å²) in [7, 11) is 5.93. The van der Waals surface area contributed by atoms with Gasteiger partial charge in [0.1, 0.15) is 13.2 Å². The molecule has 97 heavy (non-hydrogen) atoms. The molecule has 0 saturated heterocycles. The standard InChI is InChI=1S/C88H155NO8/c1-6-8-10-12-14-16-18-20-22-24-26-28-30-32-34-36-38-40-42-43-45-46-48-50-52-54-56-58-60-62-64-66-68-70-72-74-76-78-85(90)95-82-84(83-96-88(87(92)93)94-81-80-89(3,4)5)97-86(91)79-77-75-73-71-69-67-65-63-61-59-57-55-53-51-49-47-44-41-39-37-35-33-31-29-27-25-23-21-19-17-15-13-11-9-7-2/h9,11,15,17,21,23,27,29,33,35,39,41,47,49,53,55,59,61,84,88H,6-8,10,12-14,16,18-20,22,24-26,28,30-32,34,36-38,40,42-46,48,50-52,54,56-58,60,62-83H2,1-5H3/b11-9-,17-15-,23-21-,29-27-,35-33-,41-39-,49-47-,55-53-,61-59-. The normalized spacial score (nSPS) is 13.2. The van der Waals surface area contributed by atoms with E-state index >= 15 is 0 Å². The minimum absolute atomic E-state index is 0.142. The number of aliphatic carboxylic acids is 1. The number of quaternary nitrogens is 1. The summed E-state index contributed by atoms with van der Waals surface area (Å²) in [6.45, 7) is 4.66. The van der Waals surface area contributed by atoms with E-state index in [-0.39, 0.29) is 38.6 Å². The van der Waals surface area contributed by atoms with Gasteiger partial charge >= 0.3 is 11.9 Å². The zero-order valence-corrected chi connectivity index (χ0v) is 64.2. The summed E-state index contributed by atoms with van der Waals surface area (Å²) in [5, 5.41) is 11.9. The Morgan fingerprint density at radius 2 is 0.588 bits per heavy atom. The van der Waals surface area contributed by atoms with Crippen molar-refractivity contribution in [3.8, 4) is 0 Å². The summed E-state index contributed by atoms with van der Waals surface area (Å²) < 4.78 is 22.9. The number of hydrogen-bond donors (Lipinski definition) is 0. The molecule has 0 amide bonds. The third kappa shape index (κ3) is 79.2. The summed E-state index contributed by atoms with van der Waals surface area (Å²) in [5.74, 6) is -2.29. The highest BCUT2D eigenvalue weighted by Gasteiger charge is 2.22. The molecule has 2 atom stereocenters. The van der Waals surface area contributed by atoms with E-state index in [9.17, 15) is 19.5 Å². The first-order valence-corrected chi connectivity index (χ1v) is 41.0. The van der Waals surface area contributed by atoms with Gasteiger partial charge in [0, 0.05) is 12.8 Å². The van der Waals surface area contributed by atoms with Crippen molar-refractivity contribution in [1.29, 1.82) is 0 Å². The highest BCUT2D eigenvalue weighted by molar-refractivity contribution is 5.70. The molecule has 0 fully saturated rings. The lowest BCUT2D eigenvalue weighted by atomic mass is 10.0. The number of carbonyl (C=O) groups excluding carboxylic acids is 3. The first kappa shape index (κ1) is 93.0. The van der Waals surface area contributed by atoms with E-state index in [1.807, 2.05) is 21.1 Å². The lowest BCUT2D eigenvalue weighted by Crippen LogP contribution is -2.44. The number of esters is 2. The van der Waals surface area contributed by atoms with Crippen molar-refractivity contribution in [2.24, 2.45) is 0 Å². The van der Waals surface area contributed by atoms with Gasteiger partial charge in [0.2, 0.25) is 0 Å². The van der Waals surface area contributed by atoms with Crippen LogP contribution in [0.25, 0.3) is 0 Å². The van der Waals surface area contributed by atoms with Crippen molar-refractivity contribution in [1.82, 2.24) is 0 Å². The Hall–Kier alpha value is -4.05. The SMILES string of the molecule is CC/C=C\C/C=C\C/C=C\C/C=C\C/C=C\C/C=C\C/C=C\C/C=C\C/C=C\CCCCCCCCCC(=O)OC(COC(=O)CCCCCCCCCCCCCCCCCCCCCCCCCCCCCCCCCCCCCCC)COC(OCC[N+](C)(C)C)C(=O)[O-]. The minimum Gasteiger partial charge on any atom is -0.545 e. The maximum absolute atomic E-state index is 13.0. The first-order chi connectivity index (χ1) is 47.6. The van der Waals surface area contributed by atoms with Crippen LogP contribution in [0.2, 0.25) is 0 Å². The molecule has 0 rings (SSSR count). The Bertz CT molecular complexity index is 1970. The van der Waals surface area contributed by atoms with E-state index in [0.717, 1.165) is 103 Å². The zero-order chi connectivity index (χ0) is 70.4. The predicted octanol–water partition coefficient (Wildman–Crippen LogP) is 25.1. The fraction of sp³-hybridized carbons (Fsp3) is 0.761. The molecule has 0 saturated carbocycles. The molecule has 2 unspecified atom stereocenters. The van der Waals surface area contributed by atoms with Crippen molar-refractivity contribution >= 4 is 17.9 Å². The molecule has 0 aromatic carbocycles. The third-order valence-electron chi connectivity index (χ3n) is 18.0.